The Hall–Kier alpha value is -3.22. The quantitative estimate of drug-likeness (QED) is 0.495. The van der Waals surface area contributed by atoms with Gasteiger partial charge in [-0.1, -0.05) is 84.4 Å². The predicted molar refractivity (Wildman–Crippen MR) is 128 cm³/mol. The zero-order valence-corrected chi connectivity index (χ0v) is 19.3. The SMILES string of the molecule is Cc1ccc(S(=O)(=O)C2C(=O)N(Cc3ccccc3)C=CC2COCc2ccccc2)cc1. The van der Waals surface area contributed by atoms with E-state index >= 15 is 0 Å². The summed E-state index contributed by atoms with van der Waals surface area (Å²) in [6, 6.07) is 25.8. The van der Waals surface area contributed by atoms with E-state index in [2.05, 4.69) is 0 Å². The zero-order chi connectivity index (χ0) is 23.3. The number of carbonyl (C=O) groups excluding carboxylic acids is 1. The molecule has 3 aromatic rings. The van der Waals surface area contributed by atoms with Crippen molar-refractivity contribution in [3.63, 3.8) is 0 Å². The molecule has 0 radical (unpaired) electrons. The fourth-order valence-corrected chi connectivity index (χ4v) is 5.75. The number of hydrogen-bond acceptors (Lipinski definition) is 4. The van der Waals surface area contributed by atoms with Crippen molar-refractivity contribution < 1.29 is 17.9 Å². The van der Waals surface area contributed by atoms with Crippen LogP contribution in [0.4, 0.5) is 0 Å². The molecule has 2 unspecified atom stereocenters. The van der Waals surface area contributed by atoms with Crippen molar-refractivity contribution in [2.45, 2.75) is 30.2 Å². The molecular formula is C27H27NO4S. The molecule has 1 aliphatic heterocycles. The van der Waals surface area contributed by atoms with Gasteiger partial charge in [-0.25, -0.2) is 8.42 Å². The van der Waals surface area contributed by atoms with Gasteiger partial charge in [-0.3, -0.25) is 4.79 Å². The largest absolute Gasteiger partial charge is 0.376 e. The lowest BCUT2D eigenvalue weighted by atomic mass is 10.0. The molecular weight excluding hydrogens is 434 g/mol. The third-order valence-corrected chi connectivity index (χ3v) is 7.88. The first-order valence-electron chi connectivity index (χ1n) is 10.9. The first kappa shape index (κ1) is 23.0. The summed E-state index contributed by atoms with van der Waals surface area (Å²) in [4.78, 5) is 15.1. The number of sulfone groups is 1. The average Bonchev–Trinajstić information content (AvgIpc) is 2.82. The van der Waals surface area contributed by atoms with Gasteiger partial charge in [0.05, 0.1) is 24.7 Å². The summed E-state index contributed by atoms with van der Waals surface area (Å²) in [5.74, 6) is -1.02. The van der Waals surface area contributed by atoms with Gasteiger partial charge in [0.1, 0.15) is 0 Å². The maximum Gasteiger partial charge on any atom is 0.246 e. The fraction of sp³-hybridized carbons (Fsp3) is 0.222. The molecule has 33 heavy (non-hydrogen) atoms. The third-order valence-electron chi connectivity index (χ3n) is 5.73. The third kappa shape index (κ3) is 5.41. The number of carbonyl (C=O) groups is 1. The molecule has 4 rings (SSSR count). The zero-order valence-electron chi connectivity index (χ0n) is 18.5. The van der Waals surface area contributed by atoms with Gasteiger partial charge in [0.15, 0.2) is 15.1 Å². The Morgan fingerprint density at radius 1 is 0.848 bits per heavy atom. The van der Waals surface area contributed by atoms with E-state index in [-0.39, 0.29) is 11.5 Å². The number of amides is 1. The van der Waals surface area contributed by atoms with Crippen LogP contribution in [0.1, 0.15) is 16.7 Å². The van der Waals surface area contributed by atoms with E-state index in [1.54, 1.807) is 36.5 Å². The van der Waals surface area contributed by atoms with Gasteiger partial charge in [-0.15, -0.1) is 0 Å². The van der Waals surface area contributed by atoms with Gasteiger partial charge in [0.25, 0.3) is 0 Å². The number of hydrogen-bond donors (Lipinski definition) is 0. The van der Waals surface area contributed by atoms with Gasteiger partial charge in [-0.05, 0) is 30.2 Å². The van der Waals surface area contributed by atoms with Gasteiger partial charge in [0.2, 0.25) is 5.91 Å². The number of benzene rings is 3. The first-order chi connectivity index (χ1) is 15.9. The highest BCUT2D eigenvalue weighted by atomic mass is 32.2. The number of nitrogens with zero attached hydrogens (tertiary/aromatic N) is 1. The van der Waals surface area contributed by atoms with Crippen molar-refractivity contribution in [3.8, 4) is 0 Å². The van der Waals surface area contributed by atoms with Crippen molar-refractivity contribution in [2.24, 2.45) is 5.92 Å². The van der Waals surface area contributed by atoms with Crippen molar-refractivity contribution in [3.05, 3.63) is 114 Å². The summed E-state index contributed by atoms with van der Waals surface area (Å²) < 4.78 is 33.1. The summed E-state index contributed by atoms with van der Waals surface area (Å²) >= 11 is 0. The van der Waals surface area contributed by atoms with Crippen molar-refractivity contribution >= 4 is 15.7 Å². The first-order valence-corrected chi connectivity index (χ1v) is 12.4. The van der Waals surface area contributed by atoms with Gasteiger partial charge < -0.3 is 9.64 Å². The summed E-state index contributed by atoms with van der Waals surface area (Å²) in [6.45, 7) is 2.69. The van der Waals surface area contributed by atoms with Crippen LogP contribution in [0, 0.1) is 12.8 Å². The van der Waals surface area contributed by atoms with Crippen molar-refractivity contribution in [1.82, 2.24) is 4.90 Å². The van der Waals surface area contributed by atoms with Crippen LogP contribution >= 0.6 is 0 Å². The molecule has 0 N–H and O–H groups in total. The molecule has 6 heteroatoms. The predicted octanol–water partition coefficient (Wildman–Crippen LogP) is 4.53. The van der Waals surface area contributed by atoms with Crippen LogP contribution in [-0.2, 0) is 32.5 Å². The molecule has 0 bridgehead atoms. The van der Waals surface area contributed by atoms with E-state index < -0.39 is 26.9 Å². The maximum atomic E-state index is 13.6. The molecule has 0 fully saturated rings. The molecule has 5 nitrogen and oxygen atoms in total. The highest BCUT2D eigenvalue weighted by Crippen LogP contribution is 2.29. The molecule has 0 spiro atoms. The van der Waals surface area contributed by atoms with Gasteiger partial charge in [-0.2, -0.15) is 0 Å². The van der Waals surface area contributed by atoms with Crippen LogP contribution < -0.4 is 0 Å². The lowest BCUT2D eigenvalue weighted by molar-refractivity contribution is -0.130. The average molecular weight is 462 g/mol. The molecule has 2 atom stereocenters. The second-order valence-electron chi connectivity index (χ2n) is 8.24. The van der Waals surface area contributed by atoms with E-state index in [9.17, 15) is 13.2 Å². The Morgan fingerprint density at radius 2 is 1.45 bits per heavy atom. The van der Waals surface area contributed by atoms with Crippen LogP contribution in [0.3, 0.4) is 0 Å². The highest BCUT2D eigenvalue weighted by Gasteiger charge is 2.43. The molecule has 0 saturated heterocycles. The minimum absolute atomic E-state index is 0.131. The monoisotopic (exact) mass is 461 g/mol. The molecule has 0 aliphatic carbocycles. The molecule has 0 aromatic heterocycles. The minimum Gasteiger partial charge on any atom is -0.376 e. The summed E-state index contributed by atoms with van der Waals surface area (Å²) in [5, 5.41) is -1.25. The second-order valence-corrected chi connectivity index (χ2v) is 10.3. The molecule has 0 saturated carbocycles. The topological polar surface area (TPSA) is 63.7 Å². The molecule has 1 aliphatic rings. The second kappa shape index (κ2) is 10.1. The number of aryl methyl sites for hydroxylation is 1. The van der Waals surface area contributed by atoms with E-state index in [4.69, 9.17) is 4.74 Å². The van der Waals surface area contributed by atoms with Crippen LogP contribution in [0.15, 0.2) is 102 Å². The van der Waals surface area contributed by atoms with Crippen molar-refractivity contribution in [2.75, 3.05) is 6.61 Å². The summed E-state index contributed by atoms with van der Waals surface area (Å²) in [5.41, 5.74) is 2.88. The number of rotatable bonds is 8. The number of ether oxygens (including phenoxy) is 1. The summed E-state index contributed by atoms with van der Waals surface area (Å²) in [7, 11) is -3.92. The summed E-state index contributed by atoms with van der Waals surface area (Å²) in [6.07, 6.45) is 3.47. The fourth-order valence-electron chi connectivity index (χ4n) is 3.91. The standard InChI is InChI=1S/C27H27NO4S/c1-21-12-14-25(15-13-21)33(30,31)26-24(20-32-19-23-10-6-3-7-11-23)16-17-28(27(26)29)18-22-8-4-2-5-9-22/h2-17,24,26H,18-20H2,1H3. The molecule has 1 heterocycles. The molecule has 3 aromatic carbocycles. The lowest BCUT2D eigenvalue weighted by Crippen LogP contribution is -2.48. The Morgan fingerprint density at radius 3 is 2.09 bits per heavy atom. The lowest BCUT2D eigenvalue weighted by Gasteiger charge is -2.33. The van der Waals surface area contributed by atoms with Gasteiger partial charge >= 0.3 is 0 Å². The maximum absolute atomic E-state index is 13.6. The Balaban J connectivity index is 1.60. The van der Waals surface area contributed by atoms with E-state index in [0.29, 0.717) is 13.2 Å². The Labute approximate surface area is 195 Å². The highest BCUT2D eigenvalue weighted by molar-refractivity contribution is 7.92. The van der Waals surface area contributed by atoms with Crippen LogP contribution in [0.25, 0.3) is 0 Å². The van der Waals surface area contributed by atoms with Crippen LogP contribution in [0.2, 0.25) is 0 Å². The van der Waals surface area contributed by atoms with Crippen LogP contribution in [0.5, 0.6) is 0 Å². The van der Waals surface area contributed by atoms with E-state index in [1.807, 2.05) is 67.6 Å². The Kier molecular flexibility index (Phi) is 7.06. The van der Waals surface area contributed by atoms with Crippen LogP contribution in [-0.4, -0.2) is 31.1 Å². The normalized spacial score (nSPS) is 18.5. The van der Waals surface area contributed by atoms with Crippen molar-refractivity contribution in [1.29, 1.82) is 0 Å². The Bertz CT molecular complexity index is 1210. The molecule has 170 valence electrons. The minimum atomic E-state index is -3.92. The van der Waals surface area contributed by atoms with E-state index in [1.165, 1.54) is 4.90 Å². The van der Waals surface area contributed by atoms with E-state index in [0.717, 1.165) is 16.7 Å². The van der Waals surface area contributed by atoms with Gasteiger partial charge in [0, 0.05) is 12.1 Å². The smallest absolute Gasteiger partial charge is 0.246 e. The molecule has 1 amide bonds.